The highest BCUT2D eigenvalue weighted by Gasteiger charge is 2.29. The molecule has 0 spiro atoms. The zero-order valence-corrected chi connectivity index (χ0v) is 12.4. The van der Waals surface area contributed by atoms with Gasteiger partial charge in [0.05, 0.1) is 0 Å². The summed E-state index contributed by atoms with van der Waals surface area (Å²) in [5, 5.41) is 0. The summed E-state index contributed by atoms with van der Waals surface area (Å²) in [6.45, 7) is 0.904. The monoisotopic (exact) mass is 324 g/mol. The van der Waals surface area contributed by atoms with Gasteiger partial charge in [0.1, 0.15) is 0 Å². The molecule has 3 rings (SSSR count). The molecule has 1 aliphatic heterocycles. The van der Waals surface area contributed by atoms with E-state index in [1.165, 1.54) is 32.1 Å². The van der Waals surface area contributed by atoms with Crippen LogP contribution in [0.3, 0.4) is 0 Å². The standard InChI is InChI=1S/C14H17BrN2O2/c15-11-6-12-14(16-7-11)17(13(18)9-19-12)8-10-4-2-1-3-5-10/h6-7,10H,1-5,8-9H2. The second-order valence-electron chi connectivity index (χ2n) is 5.27. The molecule has 2 aliphatic rings. The lowest BCUT2D eigenvalue weighted by molar-refractivity contribution is -0.121. The molecule has 0 bridgehead atoms. The molecule has 1 aliphatic carbocycles. The Morgan fingerprint density at radius 3 is 2.95 bits per heavy atom. The minimum atomic E-state index is 0.0212. The largest absolute Gasteiger partial charge is 0.480 e. The van der Waals surface area contributed by atoms with E-state index in [0.29, 0.717) is 17.5 Å². The number of ether oxygens (including phenoxy) is 1. The van der Waals surface area contributed by atoms with Gasteiger partial charge in [-0.2, -0.15) is 0 Å². The fourth-order valence-corrected chi connectivity index (χ4v) is 3.18. The number of rotatable bonds is 2. The highest BCUT2D eigenvalue weighted by Crippen LogP contribution is 2.34. The molecule has 1 amide bonds. The molecule has 5 heteroatoms. The predicted octanol–water partition coefficient (Wildman–Crippen LogP) is 3.15. The van der Waals surface area contributed by atoms with Gasteiger partial charge >= 0.3 is 0 Å². The summed E-state index contributed by atoms with van der Waals surface area (Å²) in [5.41, 5.74) is 0. The molecule has 1 fully saturated rings. The summed E-state index contributed by atoms with van der Waals surface area (Å²) in [6, 6.07) is 1.88. The Labute approximate surface area is 121 Å². The van der Waals surface area contributed by atoms with Gasteiger partial charge in [0, 0.05) is 17.2 Å². The van der Waals surface area contributed by atoms with Crippen LogP contribution in [0.15, 0.2) is 16.7 Å². The molecule has 0 atom stereocenters. The van der Waals surface area contributed by atoms with E-state index in [9.17, 15) is 4.79 Å². The summed E-state index contributed by atoms with van der Waals surface area (Å²) in [4.78, 5) is 18.2. The summed E-state index contributed by atoms with van der Waals surface area (Å²) < 4.78 is 6.33. The molecular formula is C14H17BrN2O2. The summed E-state index contributed by atoms with van der Waals surface area (Å²) >= 11 is 3.38. The highest BCUT2D eigenvalue weighted by molar-refractivity contribution is 9.10. The number of nitrogens with zero attached hydrogens (tertiary/aromatic N) is 2. The fourth-order valence-electron chi connectivity index (χ4n) is 2.87. The average Bonchev–Trinajstić information content (AvgIpc) is 2.43. The molecule has 4 nitrogen and oxygen atoms in total. The van der Waals surface area contributed by atoms with Crippen LogP contribution in [-0.4, -0.2) is 24.0 Å². The fraction of sp³-hybridized carbons (Fsp3) is 0.571. The Bertz CT molecular complexity index is 486. The molecule has 1 saturated carbocycles. The van der Waals surface area contributed by atoms with Crippen molar-refractivity contribution in [1.29, 1.82) is 0 Å². The minimum Gasteiger partial charge on any atom is -0.480 e. The maximum Gasteiger partial charge on any atom is 0.266 e. The van der Waals surface area contributed by atoms with Crippen LogP contribution in [0.5, 0.6) is 5.75 Å². The quantitative estimate of drug-likeness (QED) is 0.839. The van der Waals surface area contributed by atoms with Crippen LogP contribution in [0.25, 0.3) is 0 Å². The van der Waals surface area contributed by atoms with Crippen molar-refractivity contribution in [1.82, 2.24) is 4.98 Å². The maximum absolute atomic E-state index is 12.1. The van der Waals surface area contributed by atoms with E-state index in [0.717, 1.165) is 11.0 Å². The zero-order chi connectivity index (χ0) is 13.2. The Morgan fingerprint density at radius 1 is 1.37 bits per heavy atom. The van der Waals surface area contributed by atoms with Crippen LogP contribution in [0.1, 0.15) is 32.1 Å². The van der Waals surface area contributed by atoms with E-state index in [1.54, 1.807) is 11.1 Å². The lowest BCUT2D eigenvalue weighted by Gasteiger charge is -2.32. The number of carbonyl (C=O) groups excluding carboxylic acids is 1. The van der Waals surface area contributed by atoms with Gasteiger partial charge < -0.3 is 4.74 Å². The molecule has 0 N–H and O–H groups in total. The topological polar surface area (TPSA) is 42.4 Å². The van der Waals surface area contributed by atoms with Crippen molar-refractivity contribution in [2.24, 2.45) is 5.92 Å². The third kappa shape index (κ3) is 2.76. The molecule has 2 heterocycles. The van der Waals surface area contributed by atoms with Gasteiger partial charge in [-0.15, -0.1) is 0 Å². The van der Waals surface area contributed by atoms with Crippen molar-refractivity contribution in [3.05, 3.63) is 16.7 Å². The molecule has 0 radical (unpaired) electrons. The van der Waals surface area contributed by atoms with E-state index in [1.807, 2.05) is 6.07 Å². The van der Waals surface area contributed by atoms with Crippen molar-refractivity contribution in [2.75, 3.05) is 18.1 Å². The summed E-state index contributed by atoms with van der Waals surface area (Å²) in [5.74, 6) is 2.00. The third-order valence-electron chi connectivity index (χ3n) is 3.87. The van der Waals surface area contributed by atoms with Crippen LogP contribution in [0, 0.1) is 5.92 Å². The van der Waals surface area contributed by atoms with Crippen LogP contribution < -0.4 is 9.64 Å². The molecule has 102 valence electrons. The Morgan fingerprint density at radius 2 is 2.16 bits per heavy atom. The molecular weight excluding hydrogens is 308 g/mol. The van der Waals surface area contributed by atoms with E-state index < -0.39 is 0 Å². The number of fused-ring (bicyclic) bond motifs is 1. The van der Waals surface area contributed by atoms with Gasteiger partial charge in [-0.1, -0.05) is 19.3 Å². The number of halogens is 1. The smallest absolute Gasteiger partial charge is 0.266 e. The number of amides is 1. The Hall–Kier alpha value is -1.10. The first-order chi connectivity index (χ1) is 9.24. The molecule has 0 unspecified atom stereocenters. The first kappa shape index (κ1) is 12.9. The minimum absolute atomic E-state index is 0.0212. The normalized spacial score (nSPS) is 20.1. The van der Waals surface area contributed by atoms with Crippen molar-refractivity contribution in [3.8, 4) is 5.75 Å². The second kappa shape index (κ2) is 5.49. The van der Waals surface area contributed by atoms with Gasteiger partial charge in [-0.05, 0) is 40.8 Å². The van der Waals surface area contributed by atoms with Gasteiger partial charge in [0.2, 0.25) is 0 Å². The van der Waals surface area contributed by atoms with Crippen molar-refractivity contribution >= 4 is 27.7 Å². The Kier molecular flexibility index (Phi) is 3.73. The number of carbonyl (C=O) groups is 1. The maximum atomic E-state index is 12.1. The number of pyridine rings is 1. The van der Waals surface area contributed by atoms with Gasteiger partial charge in [0.25, 0.3) is 5.91 Å². The average molecular weight is 325 g/mol. The van der Waals surface area contributed by atoms with Crippen molar-refractivity contribution in [2.45, 2.75) is 32.1 Å². The van der Waals surface area contributed by atoms with E-state index in [2.05, 4.69) is 20.9 Å². The first-order valence-corrected chi connectivity index (χ1v) is 7.62. The summed E-state index contributed by atoms with van der Waals surface area (Å²) in [7, 11) is 0. The molecule has 0 saturated heterocycles. The van der Waals surface area contributed by atoms with Crippen LogP contribution in [-0.2, 0) is 4.79 Å². The SMILES string of the molecule is O=C1COc2cc(Br)cnc2N1CC1CCCCC1. The first-order valence-electron chi connectivity index (χ1n) is 6.83. The van der Waals surface area contributed by atoms with Gasteiger partial charge in [-0.3, -0.25) is 9.69 Å². The number of aromatic nitrogens is 1. The zero-order valence-electron chi connectivity index (χ0n) is 10.8. The highest BCUT2D eigenvalue weighted by atomic mass is 79.9. The van der Waals surface area contributed by atoms with Crippen LogP contribution in [0.2, 0.25) is 0 Å². The molecule has 0 aromatic carbocycles. The third-order valence-corrected chi connectivity index (χ3v) is 4.31. The van der Waals surface area contributed by atoms with Crippen molar-refractivity contribution < 1.29 is 9.53 Å². The van der Waals surface area contributed by atoms with Crippen molar-refractivity contribution in [3.63, 3.8) is 0 Å². The number of anilines is 1. The lowest BCUT2D eigenvalue weighted by Crippen LogP contribution is -2.42. The predicted molar refractivity (Wildman–Crippen MR) is 76.4 cm³/mol. The molecule has 1 aromatic heterocycles. The van der Waals surface area contributed by atoms with E-state index in [4.69, 9.17) is 4.74 Å². The van der Waals surface area contributed by atoms with Crippen LogP contribution in [0.4, 0.5) is 5.82 Å². The molecule has 1 aromatic rings. The number of hydrogen-bond acceptors (Lipinski definition) is 3. The van der Waals surface area contributed by atoms with E-state index >= 15 is 0 Å². The van der Waals surface area contributed by atoms with Gasteiger partial charge in [0.15, 0.2) is 18.2 Å². The molecule has 19 heavy (non-hydrogen) atoms. The van der Waals surface area contributed by atoms with Crippen LogP contribution >= 0.6 is 15.9 Å². The van der Waals surface area contributed by atoms with E-state index in [-0.39, 0.29) is 12.5 Å². The lowest BCUT2D eigenvalue weighted by atomic mass is 9.89. The Balaban J connectivity index is 1.82. The second-order valence-corrected chi connectivity index (χ2v) is 6.19. The number of hydrogen-bond donors (Lipinski definition) is 0. The van der Waals surface area contributed by atoms with Gasteiger partial charge in [-0.25, -0.2) is 4.98 Å². The summed E-state index contributed by atoms with van der Waals surface area (Å²) in [6.07, 6.45) is 8.05.